The second kappa shape index (κ2) is 10.8. The summed E-state index contributed by atoms with van der Waals surface area (Å²) in [5, 5.41) is 6.27. The molecule has 1 fully saturated rings. The third-order valence-corrected chi connectivity index (χ3v) is 4.51. The molecule has 1 aliphatic heterocycles. The number of hydrogen-bond donors (Lipinski definition) is 2. The van der Waals surface area contributed by atoms with Gasteiger partial charge >= 0.3 is 6.09 Å². The molecule has 1 aromatic rings. The molecule has 0 radical (unpaired) electrons. The second-order valence-corrected chi connectivity index (χ2v) is 7.20. The topological polar surface area (TPSA) is 99.7 Å². The van der Waals surface area contributed by atoms with E-state index in [4.69, 9.17) is 4.74 Å². The van der Waals surface area contributed by atoms with Crippen LogP contribution < -0.4 is 10.6 Å². The molecule has 0 aliphatic carbocycles. The Labute approximate surface area is 166 Å². The highest BCUT2D eigenvalue weighted by molar-refractivity contribution is 5.93. The highest BCUT2D eigenvalue weighted by Crippen LogP contribution is 2.13. The van der Waals surface area contributed by atoms with Crippen molar-refractivity contribution in [2.24, 2.45) is 0 Å². The molecule has 28 heavy (non-hydrogen) atoms. The minimum absolute atomic E-state index is 0.0185. The minimum atomic E-state index is -0.288. The van der Waals surface area contributed by atoms with E-state index in [1.807, 2.05) is 14.1 Å². The fraction of sp³-hybridized carbons (Fsp3) is 0.684. The molecule has 2 rings (SSSR count). The quantitative estimate of drug-likeness (QED) is 0.647. The van der Waals surface area contributed by atoms with Crippen molar-refractivity contribution in [2.45, 2.75) is 39.2 Å². The van der Waals surface area contributed by atoms with Gasteiger partial charge in [-0.1, -0.05) is 0 Å². The Hall–Kier alpha value is -2.42. The number of carbonyl (C=O) groups excluding carboxylic acids is 2. The lowest BCUT2D eigenvalue weighted by Gasteiger charge is -2.31. The number of amides is 2. The zero-order chi connectivity index (χ0) is 20.5. The number of nitrogens with one attached hydrogen (secondary N) is 2. The van der Waals surface area contributed by atoms with E-state index in [1.165, 1.54) is 0 Å². The summed E-state index contributed by atoms with van der Waals surface area (Å²) < 4.78 is 5.02. The molecule has 0 aromatic carbocycles. The third-order valence-electron chi connectivity index (χ3n) is 4.51. The molecule has 0 unspecified atom stereocenters. The Kier molecular flexibility index (Phi) is 8.43. The Bertz CT molecular complexity index is 659. The number of aromatic nitrogens is 2. The lowest BCUT2D eigenvalue weighted by Crippen LogP contribution is -2.46. The summed E-state index contributed by atoms with van der Waals surface area (Å²) in [4.78, 5) is 36.8. The first-order valence-corrected chi connectivity index (χ1v) is 9.86. The summed E-state index contributed by atoms with van der Waals surface area (Å²) >= 11 is 0. The molecular formula is C19H32N6O3. The van der Waals surface area contributed by atoms with Crippen LogP contribution in [0.2, 0.25) is 0 Å². The maximum atomic E-state index is 12.6. The number of anilines is 1. The maximum Gasteiger partial charge on any atom is 0.409 e. The maximum absolute atomic E-state index is 12.6. The van der Waals surface area contributed by atoms with Gasteiger partial charge in [-0.25, -0.2) is 14.8 Å². The average Bonchev–Trinajstić information content (AvgIpc) is 2.65. The summed E-state index contributed by atoms with van der Waals surface area (Å²) in [5.41, 5.74) is 0.357. The molecule has 2 heterocycles. The van der Waals surface area contributed by atoms with E-state index in [2.05, 4.69) is 25.5 Å². The third kappa shape index (κ3) is 6.95. The van der Waals surface area contributed by atoms with Crippen molar-refractivity contribution in [1.82, 2.24) is 25.1 Å². The normalized spacial score (nSPS) is 14.8. The van der Waals surface area contributed by atoms with E-state index < -0.39 is 0 Å². The van der Waals surface area contributed by atoms with Gasteiger partial charge in [0.05, 0.1) is 6.61 Å². The van der Waals surface area contributed by atoms with Gasteiger partial charge in [-0.05, 0) is 53.8 Å². The lowest BCUT2D eigenvalue weighted by molar-refractivity contribution is 0.0856. The number of rotatable bonds is 8. The van der Waals surface area contributed by atoms with Gasteiger partial charge in [0.25, 0.3) is 5.91 Å². The first-order valence-electron chi connectivity index (χ1n) is 9.86. The van der Waals surface area contributed by atoms with E-state index in [0.29, 0.717) is 49.9 Å². The van der Waals surface area contributed by atoms with E-state index in [9.17, 15) is 9.59 Å². The van der Waals surface area contributed by atoms with Crippen molar-refractivity contribution in [2.75, 3.05) is 52.2 Å². The molecule has 1 aromatic heterocycles. The number of carbonyl (C=O) groups is 2. The first-order chi connectivity index (χ1) is 13.4. The molecular weight excluding hydrogens is 360 g/mol. The van der Waals surface area contributed by atoms with Crippen LogP contribution in [0.3, 0.4) is 0 Å². The van der Waals surface area contributed by atoms with Crippen LogP contribution in [0.5, 0.6) is 0 Å². The average molecular weight is 393 g/mol. The van der Waals surface area contributed by atoms with Gasteiger partial charge in [0.1, 0.15) is 17.3 Å². The molecule has 2 amide bonds. The summed E-state index contributed by atoms with van der Waals surface area (Å²) in [6.07, 6.45) is 2.09. The Balaban J connectivity index is 1.86. The zero-order valence-corrected chi connectivity index (χ0v) is 17.3. The lowest BCUT2D eigenvalue weighted by atomic mass is 10.1. The van der Waals surface area contributed by atoms with Crippen LogP contribution in [-0.4, -0.2) is 84.7 Å². The molecule has 9 nitrogen and oxygen atoms in total. The van der Waals surface area contributed by atoms with Crippen LogP contribution in [0.25, 0.3) is 0 Å². The summed E-state index contributed by atoms with van der Waals surface area (Å²) in [6.45, 7) is 6.85. The molecule has 1 aliphatic rings. The van der Waals surface area contributed by atoms with Crippen molar-refractivity contribution in [3.63, 3.8) is 0 Å². The van der Waals surface area contributed by atoms with Crippen LogP contribution in [0, 0.1) is 6.92 Å². The van der Waals surface area contributed by atoms with Crippen LogP contribution in [0.1, 0.15) is 42.5 Å². The van der Waals surface area contributed by atoms with E-state index in [0.717, 1.165) is 19.5 Å². The molecule has 0 saturated carbocycles. The predicted molar refractivity (Wildman–Crippen MR) is 108 cm³/mol. The fourth-order valence-corrected chi connectivity index (χ4v) is 3.07. The number of aryl methyl sites for hydroxylation is 1. The largest absolute Gasteiger partial charge is 0.450 e. The van der Waals surface area contributed by atoms with Crippen molar-refractivity contribution in [3.8, 4) is 0 Å². The fourth-order valence-electron chi connectivity index (χ4n) is 3.07. The number of nitrogens with zero attached hydrogens (tertiary/aromatic N) is 4. The van der Waals surface area contributed by atoms with Crippen molar-refractivity contribution < 1.29 is 14.3 Å². The van der Waals surface area contributed by atoms with Gasteiger partial charge in [-0.3, -0.25) is 4.79 Å². The zero-order valence-electron chi connectivity index (χ0n) is 17.3. The van der Waals surface area contributed by atoms with Crippen LogP contribution in [-0.2, 0) is 4.74 Å². The first kappa shape index (κ1) is 21.9. The van der Waals surface area contributed by atoms with Gasteiger partial charge in [-0.2, -0.15) is 0 Å². The molecule has 156 valence electrons. The van der Waals surface area contributed by atoms with Crippen molar-refractivity contribution in [3.05, 3.63) is 17.6 Å². The predicted octanol–water partition coefficient (Wildman–Crippen LogP) is 1.50. The van der Waals surface area contributed by atoms with Gasteiger partial charge in [0.2, 0.25) is 0 Å². The van der Waals surface area contributed by atoms with Gasteiger partial charge in [0, 0.05) is 31.7 Å². The van der Waals surface area contributed by atoms with Gasteiger partial charge in [-0.15, -0.1) is 0 Å². The Morgan fingerprint density at radius 1 is 1.29 bits per heavy atom. The summed E-state index contributed by atoms with van der Waals surface area (Å²) in [7, 11) is 4.07. The molecule has 0 spiro atoms. The second-order valence-electron chi connectivity index (χ2n) is 7.20. The van der Waals surface area contributed by atoms with Crippen LogP contribution in [0.15, 0.2) is 6.07 Å². The molecule has 1 saturated heterocycles. The van der Waals surface area contributed by atoms with Crippen molar-refractivity contribution in [1.29, 1.82) is 0 Å². The Morgan fingerprint density at radius 3 is 2.64 bits per heavy atom. The van der Waals surface area contributed by atoms with Gasteiger partial charge in [0.15, 0.2) is 0 Å². The van der Waals surface area contributed by atoms with Crippen molar-refractivity contribution >= 4 is 17.8 Å². The molecule has 0 atom stereocenters. The van der Waals surface area contributed by atoms with Gasteiger partial charge < -0.3 is 25.2 Å². The highest BCUT2D eigenvalue weighted by atomic mass is 16.6. The van der Waals surface area contributed by atoms with E-state index in [-0.39, 0.29) is 18.0 Å². The molecule has 0 bridgehead atoms. The summed E-state index contributed by atoms with van der Waals surface area (Å²) in [5.74, 6) is 1.00. The smallest absolute Gasteiger partial charge is 0.409 e. The van der Waals surface area contributed by atoms with Crippen LogP contribution in [0.4, 0.5) is 10.6 Å². The summed E-state index contributed by atoms with van der Waals surface area (Å²) in [6, 6.07) is 1.70. The number of hydrogen-bond acceptors (Lipinski definition) is 7. The van der Waals surface area contributed by atoms with Crippen LogP contribution >= 0.6 is 0 Å². The monoisotopic (exact) mass is 392 g/mol. The Morgan fingerprint density at radius 2 is 2.00 bits per heavy atom. The minimum Gasteiger partial charge on any atom is -0.450 e. The molecule has 2 N–H and O–H groups in total. The SMILES string of the molecule is CCOC(=O)N1CCC(NC(=O)c2cc(NCCCN(C)C)nc(C)n2)CC1. The van der Waals surface area contributed by atoms with E-state index in [1.54, 1.807) is 24.8 Å². The number of likely N-dealkylation sites (tertiary alicyclic amines) is 1. The highest BCUT2D eigenvalue weighted by Gasteiger charge is 2.25. The van der Waals surface area contributed by atoms with E-state index >= 15 is 0 Å². The molecule has 9 heteroatoms. The number of piperidine rings is 1. The number of ether oxygens (including phenoxy) is 1. The standard InChI is InChI=1S/C19H32N6O3/c1-5-28-19(27)25-11-7-15(8-12-25)23-18(26)16-13-17(22-14(2)21-16)20-9-6-10-24(3)4/h13,15H,5-12H2,1-4H3,(H,23,26)(H,20,21,22).